The number of nitrogens with one attached hydrogen (secondary N) is 2. The molecule has 2 aromatic heterocycles. The van der Waals surface area contributed by atoms with Crippen molar-refractivity contribution in [1.29, 1.82) is 0 Å². The summed E-state index contributed by atoms with van der Waals surface area (Å²) in [6.07, 6.45) is 1.43. The van der Waals surface area contributed by atoms with Crippen LogP contribution in [0.1, 0.15) is 16.7 Å². The molecule has 2 aliphatic rings. The number of nitrogen functional groups attached to an aromatic ring is 1. The molecule has 2 fully saturated rings. The number of thiazole rings is 1. The summed E-state index contributed by atoms with van der Waals surface area (Å²) >= 11 is 1.38. The van der Waals surface area contributed by atoms with E-state index in [9.17, 15) is 18.8 Å². The van der Waals surface area contributed by atoms with Crippen LogP contribution in [0, 0.1) is 5.82 Å². The van der Waals surface area contributed by atoms with Crippen LogP contribution in [-0.4, -0.2) is 85.2 Å². The van der Waals surface area contributed by atoms with Crippen LogP contribution in [0.4, 0.5) is 14.3 Å². The van der Waals surface area contributed by atoms with Gasteiger partial charge in [0.2, 0.25) is 11.8 Å². The molecule has 2 saturated heterocycles. The van der Waals surface area contributed by atoms with Crippen molar-refractivity contribution in [3.05, 3.63) is 89.4 Å². The summed E-state index contributed by atoms with van der Waals surface area (Å²) in [5.74, 6) is -0.782. The number of H-pyrrole nitrogens is 1. The van der Waals surface area contributed by atoms with Crippen LogP contribution in [0.3, 0.4) is 0 Å². The van der Waals surface area contributed by atoms with E-state index in [0.29, 0.717) is 11.6 Å². The van der Waals surface area contributed by atoms with E-state index in [1.807, 2.05) is 36.4 Å². The number of carbonyl (C=O) groups is 3. The molecular formula is C31H30FN9O3S. The standard InChI is InChI=1S/C31H30FN9O3S/c1-38(31(44)34-13-18-5-8-22(32)9-6-18)40-17-27(42)41-24(12-19-7-10-23-21(11-19)14-35-37-23)29(43)39(16-26(40)41)15-20-3-2-4-25-28(20)36-30(33)45-25/h2-11,14,24,26H,12-13,15-17H2,1H3,(H2,33,36)(H,34,44)(H,35,37)/t24-,26+/m0/s1. The van der Waals surface area contributed by atoms with Gasteiger partial charge in [0.1, 0.15) is 18.0 Å². The fourth-order valence-electron chi connectivity index (χ4n) is 6.16. The van der Waals surface area contributed by atoms with Gasteiger partial charge in [-0.3, -0.25) is 19.7 Å². The third kappa shape index (κ3) is 5.42. The molecule has 12 nitrogen and oxygen atoms in total. The molecule has 4 N–H and O–H groups in total. The highest BCUT2D eigenvalue weighted by molar-refractivity contribution is 7.22. The lowest BCUT2D eigenvalue weighted by molar-refractivity contribution is -0.157. The Morgan fingerprint density at radius 2 is 1.96 bits per heavy atom. The zero-order valence-corrected chi connectivity index (χ0v) is 25.1. The Balaban J connectivity index is 1.18. The Bertz CT molecular complexity index is 1930. The molecule has 5 aromatic rings. The van der Waals surface area contributed by atoms with Crippen LogP contribution in [0.15, 0.2) is 66.9 Å². The second-order valence-corrected chi connectivity index (χ2v) is 12.3. The minimum absolute atomic E-state index is 0.0677. The number of hydrogen-bond acceptors (Lipinski definition) is 8. The van der Waals surface area contributed by atoms with Crippen molar-refractivity contribution >= 4 is 55.4 Å². The van der Waals surface area contributed by atoms with Gasteiger partial charge in [-0.05, 0) is 47.0 Å². The molecule has 230 valence electrons. The number of anilines is 1. The quantitative estimate of drug-likeness (QED) is 0.252. The fourth-order valence-corrected chi connectivity index (χ4v) is 6.94. The first-order chi connectivity index (χ1) is 21.7. The monoisotopic (exact) mass is 627 g/mol. The average Bonchev–Trinajstić information content (AvgIpc) is 3.74. The Labute approximate surface area is 261 Å². The predicted molar refractivity (Wildman–Crippen MR) is 167 cm³/mol. The number of halogens is 1. The van der Waals surface area contributed by atoms with E-state index < -0.39 is 18.2 Å². The van der Waals surface area contributed by atoms with Crippen molar-refractivity contribution in [3.8, 4) is 0 Å². The molecule has 0 spiro atoms. The Morgan fingerprint density at radius 1 is 1.16 bits per heavy atom. The van der Waals surface area contributed by atoms with Crippen molar-refractivity contribution in [2.45, 2.75) is 31.7 Å². The van der Waals surface area contributed by atoms with Gasteiger partial charge in [0.05, 0.1) is 35.0 Å². The number of aromatic nitrogens is 3. The van der Waals surface area contributed by atoms with Crippen molar-refractivity contribution in [3.63, 3.8) is 0 Å². The van der Waals surface area contributed by atoms with E-state index in [1.54, 1.807) is 40.2 Å². The molecule has 45 heavy (non-hydrogen) atoms. The Morgan fingerprint density at radius 3 is 2.78 bits per heavy atom. The molecule has 4 amide bonds. The summed E-state index contributed by atoms with van der Waals surface area (Å²) in [6, 6.07) is 16.2. The van der Waals surface area contributed by atoms with E-state index in [-0.39, 0.29) is 43.8 Å². The van der Waals surface area contributed by atoms with Gasteiger partial charge in [-0.2, -0.15) is 10.1 Å². The number of nitrogens with two attached hydrogens (primary N) is 1. The molecule has 0 bridgehead atoms. The van der Waals surface area contributed by atoms with Crippen molar-refractivity contribution in [2.24, 2.45) is 0 Å². The minimum atomic E-state index is -0.791. The third-order valence-corrected chi connectivity index (χ3v) is 9.27. The van der Waals surface area contributed by atoms with Crippen LogP contribution in [0.25, 0.3) is 21.1 Å². The predicted octanol–water partition coefficient (Wildman–Crippen LogP) is 3.07. The largest absolute Gasteiger partial charge is 0.375 e. The molecule has 0 radical (unpaired) electrons. The van der Waals surface area contributed by atoms with Crippen LogP contribution < -0.4 is 11.1 Å². The molecule has 7 rings (SSSR count). The van der Waals surface area contributed by atoms with Crippen LogP contribution >= 0.6 is 11.3 Å². The molecule has 14 heteroatoms. The summed E-state index contributed by atoms with van der Waals surface area (Å²) in [5, 5.41) is 14.3. The number of amides is 4. The minimum Gasteiger partial charge on any atom is -0.375 e. The van der Waals surface area contributed by atoms with Crippen LogP contribution in [0.5, 0.6) is 0 Å². The highest BCUT2D eigenvalue weighted by Gasteiger charge is 2.51. The van der Waals surface area contributed by atoms with Gasteiger partial charge in [-0.1, -0.05) is 41.7 Å². The second-order valence-electron chi connectivity index (χ2n) is 11.2. The maximum Gasteiger partial charge on any atom is 0.332 e. The van der Waals surface area contributed by atoms with Crippen molar-refractivity contribution < 1.29 is 18.8 Å². The molecule has 0 unspecified atom stereocenters. The third-order valence-electron chi connectivity index (χ3n) is 8.42. The van der Waals surface area contributed by atoms with Gasteiger partial charge >= 0.3 is 6.03 Å². The Kier molecular flexibility index (Phi) is 7.30. The maximum atomic E-state index is 14.2. The molecule has 4 heterocycles. The van der Waals surface area contributed by atoms with E-state index >= 15 is 0 Å². The summed E-state index contributed by atoms with van der Waals surface area (Å²) in [7, 11) is 1.60. The maximum absolute atomic E-state index is 14.2. The lowest BCUT2D eigenvalue weighted by Crippen LogP contribution is -2.65. The normalized spacial score (nSPS) is 18.6. The zero-order chi connectivity index (χ0) is 31.2. The number of hydrogen-bond donors (Lipinski definition) is 3. The lowest BCUT2D eigenvalue weighted by Gasteiger charge is -2.45. The highest BCUT2D eigenvalue weighted by Crippen LogP contribution is 2.32. The smallest absolute Gasteiger partial charge is 0.332 e. The molecule has 0 aliphatic carbocycles. The lowest BCUT2D eigenvalue weighted by atomic mass is 9.99. The molecule has 0 saturated carbocycles. The zero-order valence-electron chi connectivity index (χ0n) is 24.3. The molecule has 3 aromatic carbocycles. The number of rotatable bonds is 7. The number of fused-ring (bicyclic) bond motifs is 3. The number of para-hydroxylation sites is 1. The van der Waals surface area contributed by atoms with E-state index in [1.165, 1.54) is 28.5 Å². The van der Waals surface area contributed by atoms with Crippen LogP contribution in [-0.2, 0) is 29.1 Å². The van der Waals surface area contributed by atoms with Gasteiger partial charge in [0, 0.05) is 31.9 Å². The van der Waals surface area contributed by atoms with E-state index in [2.05, 4.69) is 20.5 Å². The molecular weight excluding hydrogens is 597 g/mol. The first kappa shape index (κ1) is 28.7. The number of nitrogens with zero attached hydrogens (tertiary/aromatic N) is 6. The number of aromatic amines is 1. The fraction of sp³-hybridized carbons (Fsp3) is 0.258. The number of piperazine rings is 1. The Hall–Kier alpha value is -5.08. The van der Waals surface area contributed by atoms with Crippen LogP contribution in [0.2, 0.25) is 0 Å². The van der Waals surface area contributed by atoms with Gasteiger partial charge < -0.3 is 20.9 Å². The molecule has 2 atom stereocenters. The number of hydrazine groups is 1. The summed E-state index contributed by atoms with van der Waals surface area (Å²) in [6.45, 7) is 0.572. The first-order valence-electron chi connectivity index (χ1n) is 14.4. The number of urea groups is 1. The summed E-state index contributed by atoms with van der Waals surface area (Å²) < 4.78 is 14.3. The van der Waals surface area contributed by atoms with Gasteiger partial charge in [-0.15, -0.1) is 0 Å². The number of carbonyl (C=O) groups excluding carboxylic acids is 3. The first-order valence-corrected chi connectivity index (χ1v) is 15.3. The van der Waals surface area contributed by atoms with E-state index in [4.69, 9.17) is 5.73 Å². The summed E-state index contributed by atoms with van der Waals surface area (Å²) in [4.78, 5) is 48.9. The second kappa shape index (κ2) is 11.4. The van der Waals surface area contributed by atoms with Gasteiger partial charge in [0.25, 0.3) is 0 Å². The SMILES string of the molecule is CN(C(=O)NCc1ccc(F)cc1)N1CC(=O)N2[C@@H](Cc3ccc4[nH]ncc4c3)C(=O)N(Cc3cccc4sc(N)nc34)C[C@@H]21. The van der Waals surface area contributed by atoms with Gasteiger partial charge in [0.15, 0.2) is 5.13 Å². The molecule has 2 aliphatic heterocycles. The summed E-state index contributed by atoms with van der Waals surface area (Å²) in [5.41, 5.74) is 10.1. The number of benzene rings is 3. The van der Waals surface area contributed by atoms with Gasteiger partial charge in [-0.25, -0.2) is 14.2 Å². The average molecular weight is 628 g/mol. The van der Waals surface area contributed by atoms with Crippen molar-refractivity contribution in [2.75, 3.05) is 25.9 Å². The topological polar surface area (TPSA) is 144 Å². The highest BCUT2D eigenvalue weighted by atomic mass is 32.1. The van der Waals surface area contributed by atoms with Crippen molar-refractivity contribution in [1.82, 2.24) is 40.3 Å². The van der Waals surface area contributed by atoms with E-state index in [0.717, 1.165) is 37.8 Å².